The molecule has 1 aromatic carbocycles. The van der Waals surface area contributed by atoms with Gasteiger partial charge in [-0.15, -0.1) is 11.6 Å². The lowest BCUT2D eigenvalue weighted by Gasteiger charge is -2.34. The highest BCUT2D eigenvalue weighted by molar-refractivity contribution is 6.27. The second-order valence-electron chi connectivity index (χ2n) is 8.16. The number of nitrogens with two attached hydrogens (primary N) is 1. The smallest absolute Gasteiger partial charge is 0.414 e. The molecule has 0 aliphatic carbocycles. The fourth-order valence-corrected chi connectivity index (χ4v) is 4.08. The first-order valence-corrected chi connectivity index (χ1v) is 11.3. The molecule has 1 unspecified atom stereocenters. The van der Waals surface area contributed by atoms with E-state index >= 15 is 0 Å². The van der Waals surface area contributed by atoms with Crippen molar-refractivity contribution >= 4 is 41.1 Å². The van der Waals surface area contributed by atoms with Crippen molar-refractivity contribution in [2.45, 2.75) is 13.0 Å². The van der Waals surface area contributed by atoms with Crippen LogP contribution in [0, 0.1) is 11.7 Å². The van der Waals surface area contributed by atoms with Crippen molar-refractivity contribution in [2.75, 3.05) is 48.4 Å². The Morgan fingerprint density at radius 2 is 1.91 bits per heavy atom. The van der Waals surface area contributed by atoms with E-state index < -0.39 is 29.8 Å². The number of hydrogen-bond donors (Lipinski definition) is 1. The summed E-state index contributed by atoms with van der Waals surface area (Å²) in [6, 6.07) is 4.37. The highest BCUT2D eigenvalue weighted by Crippen LogP contribution is 2.30. The van der Waals surface area contributed by atoms with E-state index in [0.717, 1.165) is 0 Å². The van der Waals surface area contributed by atoms with Crippen LogP contribution in [-0.4, -0.2) is 77.5 Å². The van der Waals surface area contributed by atoms with Crippen molar-refractivity contribution in [3.05, 3.63) is 36.4 Å². The Morgan fingerprint density at radius 3 is 2.50 bits per heavy atom. The van der Waals surface area contributed by atoms with Crippen molar-refractivity contribution in [3.8, 4) is 11.1 Å². The molecule has 0 bridgehead atoms. The number of nitrogens with zero attached hydrogens (tertiary/aromatic N) is 5. The Morgan fingerprint density at radius 1 is 1.24 bits per heavy atom. The summed E-state index contributed by atoms with van der Waals surface area (Å²) in [4.78, 5) is 48.9. The van der Waals surface area contributed by atoms with Crippen molar-refractivity contribution in [1.29, 1.82) is 0 Å². The zero-order valence-corrected chi connectivity index (χ0v) is 19.2. The number of cyclic esters (lactones) is 1. The van der Waals surface area contributed by atoms with Crippen LogP contribution in [0.2, 0.25) is 0 Å². The van der Waals surface area contributed by atoms with Gasteiger partial charge in [0.1, 0.15) is 17.8 Å². The normalized spacial score (nSPS) is 19.2. The number of aromatic nitrogens is 2. The van der Waals surface area contributed by atoms with Gasteiger partial charge in [0.15, 0.2) is 0 Å². The number of ether oxygens (including phenoxy) is 1. The second kappa shape index (κ2) is 9.80. The van der Waals surface area contributed by atoms with Crippen LogP contribution >= 0.6 is 11.6 Å². The predicted molar refractivity (Wildman–Crippen MR) is 123 cm³/mol. The van der Waals surface area contributed by atoms with Gasteiger partial charge in [0, 0.05) is 49.7 Å². The Bertz CT molecular complexity index is 1090. The van der Waals surface area contributed by atoms with E-state index in [1.165, 1.54) is 29.4 Å². The van der Waals surface area contributed by atoms with E-state index in [9.17, 15) is 18.8 Å². The number of carbonyl (C=O) groups excluding carboxylic acids is 3. The van der Waals surface area contributed by atoms with Gasteiger partial charge in [-0.25, -0.2) is 19.2 Å². The quantitative estimate of drug-likeness (QED) is 0.610. The van der Waals surface area contributed by atoms with E-state index in [0.29, 0.717) is 43.4 Å². The van der Waals surface area contributed by atoms with Gasteiger partial charge >= 0.3 is 6.09 Å². The number of anilines is 2. The summed E-state index contributed by atoms with van der Waals surface area (Å²) in [5.41, 5.74) is 6.36. The van der Waals surface area contributed by atoms with Gasteiger partial charge in [-0.1, -0.05) is 0 Å². The van der Waals surface area contributed by atoms with Crippen molar-refractivity contribution in [2.24, 2.45) is 11.7 Å². The highest BCUT2D eigenvalue weighted by atomic mass is 35.5. The van der Waals surface area contributed by atoms with Gasteiger partial charge in [0.25, 0.3) is 0 Å². The van der Waals surface area contributed by atoms with Crippen LogP contribution in [0.15, 0.2) is 30.6 Å². The number of hydrogen-bond acceptors (Lipinski definition) is 7. The number of carbonyl (C=O) groups is 3. The molecule has 2 saturated heterocycles. The summed E-state index contributed by atoms with van der Waals surface area (Å²) in [7, 11) is 0. The first-order chi connectivity index (χ1) is 16.3. The Balaban J connectivity index is 1.44. The lowest BCUT2D eigenvalue weighted by molar-refractivity contribution is -0.128. The summed E-state index contributed by atoms with van der Waals surface area (Å²) in [6.45, 7) is 3.90. The minimum Gasteiger partial charge on any atom is -0.443 e. The summed E-state index contributed by atoms with van der Waals surface area (Å²) < 4.78 is 20.2. The number of rotatable bonds is 6. The molecule has 2 N–H and O–H groups in total. The van der Waals surface area contributed by atoms with Crippen LogP contribution in [0.5, 0.6) is 0 Å². The molecular weight excluding hydrogens is 467 g/mol. The maximum Gasteiger partial charge on any atom is 0.414 e. The first kappa shape index (κ1) is 23.7. The topological polar surface area (TPSA) is 122 Å². The lowest BCUT2D eigenvalue weighted by atomic mass is 10.0. The number of benzene rings is 1. The van der Waals surface area contributed by atoms with Gasteiger partial charge in [0.05, 0.1) is 18.2 Å². The molecule has 34 heavy (non-hydrogen) atoms. The van der Waals surface area contributed by atoms with Gasteiger partial charge in [0.2, 0.25) is 17.8 Å². The zero-order chi connectivity index (χ0) is 24.4. The van der Waals surface area contributed by atoms with Gasteiger partial charge in [-0.05, 0) is 25.1 Å². The van der Waals surface area contributed by atoms with E-state index in [1.54, 1.807) is 17.9 Å². The molecule has 10 nitrogen and oxygen atoms in total. The molecule has 180 valence electrons. The zero-order valence-electron chi connectivity index (χ0n) is 18.5. The number of amides is 3. The predicted octanol–water partition coefficient (Wildman–Crippen LogP) is 1.62. The third-order valence-corrected chi connectivity index (χ3v) is 6.31. The second-order valence-corrected chi connectivity index (χ2v) is 8.43. The van der Waals surface area contributed by atoms with Crippen LogP contribution in [0.3, 0.4) is 0 Å². The van der Waals surface area contributed by atoms with Crippen molar-refractivity contribution in [1.82, 2.24) is 14.9 Å². The monoisotopic (exact) mass is 490 g/mol. The van der Waals surface area contributed by atoms with E-state index in [-0.39, 0.29) is 23.9 Å². The fraction of sp³-hybridized carbons (Fsp3) is 0.409. The fourth-order valence-electron chi connectivity index (χ4n) is 3.91. The number of halogens is 2. The van der Waals surface area contributed by atoms with E-state index in [1.807, 2.05) is 4.90 Å². The number of piperazine rings is 1. The molecule has 1 aromatic heterocycles. The minimum absolute atomic E-state index is 0.0401. The molecule has 0 radical (unpaired) electrons. The Kier molecular flexibility index (Phi) is 6.82. The SMILES string of the molecule is C[C@H](C(N)=O)C1CN(c2ccc(-c3cnc(N4CCN(C(=O)CCl)CC4)nc3)c(F)c2)C(=O)O1. The van der Waals surface area contributed by atoms with Crippen LogP contribution < -0.4 is 15.5 Å². The largest absolute Gasteiger partial charge is 0.443 e. The van der Waals surface area contributed by atoms with Crippen LogP contribution in [0.25, 0.3) is 11.1 Å². The van der Waals surface area contributed by atoms with Crippen molar-refractivity contribution in [3.63, 3.8) is 0 Å². The van der Waals surface area contributed by atoms with Crippen LogP contribution in [-0.2, 0) is 14.3 Å². The van der Waals surface area contributed by atoms with E-state index in [2.05, 4.69) is 9.97 Å². The van der Waals surface area contributed by atoms with Gasteiger partial charge < -0.3 is 20.3 Å². The molecule has 2 aliphatic heterocycles. The maximum absolute atomic E-state index is 14.9. The third kappa shape index (κ3) is 4.74. The van der Waals surface area contributed by atoms with Crippen LogP contribution in [0.1, 0.15) is 6.92 Å². The molecule has 3 amide bonds. The van der Waals surface area contributed by atoms with Gasteiger partial charge in [-0.3, -0.25) is 14.5 Å². The molecule has 2 fully saturated rings. The summed E-state index contributed by atoms with van der Waals surface area (Å²) >= 11 is 5.61. The van der Waals surface area contributed by atoms with Gasteiger partial charge in [-0.2, -0.15) is 0 Å². The number of alkyl halides is 1. The minimum atomic E-state index is -0.691. The molecule has 3 heterocycles. The molecule has 2 aliphatic rings. The molecule has 2 aromatic rings. The van der Waals surface area contributed by atoms with E-state index in [4.69, 9.17) is 22.1 Å². The van der Waals surface area contributed by atoms with Crippen molar-refractivity contribution < 1.29 is 23.5 Å². The summed E-state index contributed by atoms with van der Waals surface area (Å²) in [5.74, 6) is -1.43. The molecular formula is C22H24ClFN6O4. The summed E-state index contributed by atoms with van der Waals surface area (Å²) in [5, 5.41) is 0. The average molecular weight is 491 g/mol. The summed E-state index contributed by atoms with van der Waals surface area (Å²) in [6.07, 6.45) is 1.71. The van der Waals surface area contributed by atoms with Crippen LogP contribution in [0.4, 0.5) is 20.8 Å². The lowest BCUT2D eigenvalue weighted by Crippen LogP contribution is -2.49. The molecule has 2 atom stereocenters. The molecule has 4 rings (SSSR count). The Labute approximate surface area is 200 Å². The first-order valence-electron chi connectivity index (χ1n) is 10.8. The molecule has 12 heteroatoms. The average Bonchev–Trinajstić information content (AvgIpc) is 3.24. The highest BCUT2D eigenvalue weighted by Gasteiger charge is 2.38. The third-order valence-electron chi connectivity index (χ3n) is 6.08. The standard InChI is InChI=1S/C22H24ClFN6O4/c1-13(20(25)32)18-12-30(22(33)34-18)15-2-3-16(17(24)8-15)14-10-26-21(27-11-14)29-6-4-28(5-7-29)19(31)9-23/h2-3,8,10-11,13,18H,4-7,9,12H2,1H3,(H2,25,32)/t13-,18?/m0/s1. The Hall–Kier alpha value is -3.47. The molecule has 0 spiro atoms. The number of primary amides is 1. The maximum atomic E-state index is 14.9. The molecule has 0 saturated carbocycles.